The number of carboxylic acid groups (broad SMARTS) is 1. The molecule has 0 aliphatic heterocycles. The van der Waals surface area contributed by atoms with E-state index in [4.69, 9.17) is 5.11 Å². The molecule has 4 nitrogen and oxygen atoms in total. The Morgan fingerprint density at radius 2 is 2.25 bits per heavy atom. The molecule has 2 aromatic heterocycles. The van der Waals surface area contributed by atoms with Gasteiger partial charge in [-0.1, -0.05) is 0 Å². The predicted octanol–water partition coefficient (Wildman–Crippen LogP) is 2.84. The van der Waals surface area contributed by atoms with Gasteiger partial charge in [-0.2, -0.15) is 0 Å². The van der Waals surface area contributed by atoms with Gasteiger partial charge in [0.1, 0.15) is 0 Å². The highest BCUT2D eigenvalue weighted by Crippen LogP contribution is 2.46. The Kier molecular flexibility index (Phi) is 2.26. The number of hydrogen-bond acceptors (Lipinski definition) is 5. The van der Waals surface area contributed by atoms with Crippen LogP contribution in [-0.2, 0) is 0 Å². The average molecular weight is 252 g/mol. The molecule has 2 aromatic rings. The van der Waals surface area contributed by atoms with Crippen molar-refractivity contribution in [1.82, 2.24) is 9.97 Å². The Morgan fingerprint density at radius 3 is 2.81 bits per heavy atom. The topological polar surface area (TPSA) is 63.1 Å². The van der Waals surface area contributed by atoms with Gasteiger partial charge in [-0.3, -0.25) is 0 Å². The van der Waals surface area contributed by atoms with Crippen LogP contribution < -0.4 is 0 Å². The second kappa shape index (κ2) is 3.64. The minimum atomic E-state index is -0.930. The molecule has 1 aliphatic rings. The van der Waals surface area contributed by atoms with E-state index in [1.54, 1.807) is 6.20 Å². The number of aromatic nitrogens is 2. The normalized spacial score (nSPS) is 15.2. The van der Waals surface area contributed by atoms with E-state index in [0.29, 0.717) is 5.92 Å². The summed E-state index contributed by atoms with van der Waals surface area (Å²) in [6.07, 6.45) is 3.87. The summed E-state index contributed by atoms with van der Waals surface area (Å²) in [4.78, 5) is 20.3. The summed E-state index contributed by atoms with van der Waals surface area (Å²) in [6.45, 7) is 0. The van der Waals surface area contributed by atoms with E-state index in [9.17, 15) is 4.79 Å². The van der Waals surface area contributed by atoms with Gasteiger partial charge in [0.2, 0.25) is 0 Å². The van der Waals surface area contributed by atoms with Gasteiger partial charge in [0, 0.05) is 16.5 Å². The number of carboxylic acids is 1. The second-order valence-electron chi connectivity index (χ2n) is 3.65. The summed E-state index contributed by atoms with van der Waals surface area (Å²) >= 11 is 2.96. The summed E-state index contributed by atoms with van der Waals surface area (Å²) in [5, 5.41) is 12.5. The molecule has 1 aliphatic carbocycles. The van der Waals surface area contributed by atoms with Crippen molar-refractivity contribution in [1.29, 1.82) is 0 Å². The second-order valence-corrected chi connectivity index (χ2v) is 5.57. The Bertz CT molecular complexity index is 529. The number of thiazole rings is 2. The van der Waals surface area contributed by atoms with Gasteiger partial charge in [-0.25, -0.2) is 14.8 Å². The fourth-order valence-electron chi connectivity index (χ4n) is 1.53. The average Bonchev–Trinajstić information content (AvgIpc) is 2.83. The van der Waals surface area contributed by atoms with Gasteiger partial charge in [-0.15, -0.1) is 22.7 Å². The molecule has 3 rings (SSSR count). The van der Waals surface area contributed by atoms with E-state index >= 15 is 0 Å². The van der Waals surface area contributed by atoms with Gasteiger partial charge in [0.25, 0.3) is 0 Å². The van der Waals surface area contributed by atoms with Crippen molar-refractivity contribution in [2.45, 2.75) is 18.8 Å². The molecule has 0 unspecified atom stereocenters. The molecule has 6 heteroatoms. The number of rotatable bonds is 3. The third-order valence-corrected chi connectivity index (χ3v) is 4.55. The van der Waals surface area contributed by atoms with E-state index in [2.05, 4.69) is 9.97 Å². The lowest BCUT2D eigenvalue weighted by atomic mass is 10.3. The maximum Gasteiger partial charge on any atom is 0.355 e. The zero-order valence-corrected chi connectivity index (χ0v) is 9.85. The van der Waals surface area contributed by atoms with Gasteiger partial charge in [-0.05, 0) is 18.8 Å². The standard InChI is InChI=1S/C10H8N2O2S2/c13-10(14)6-7(5-1-2-5)16-9(12-6)8-11-3-4-15-8/h3-5H,1-2H2,(H,13,14). The van der Waals surface area contributed by atoms with Crippen molar-refractivity contribution in [3.63, 3.8) is 0 Å². The van der Waals surface area contributed by atoms with Gasteiger partial charge >= 0.3 is 5.97 Å². The summed E-state index contributed by atoms with van der Waals surface area (Å²) in [5.74, 6) is -0.515. The van der Waals surface area contributed by atoms with E-state index in [-0.39, 0.29) is 5.69 Å². The molecule has 1 fully saturated rings. The molecule has 1 N–H and O–H groups in total. The summed E-state index contributed by atoms with van der Waals surface area (Å²) < 4.78 is 0. The largest absolute Gasteiger partial charge is 0.476 e. The van der Waals surface area contributed by atoms with Crippen molar-refractivity contribution < 1.29 is 9.90 Å². The predicted molar refractivity (Wildman–Crippen MR) is 62.2 cm³/mol. The lowest BCUT2D eigenvalue weighted by Crippen LogP contribution is -1.99. The zero-order chi connectivity index (χ0) is 11.1. The van der Waals surface area contributed by atoms with Gasteiger partial charge in [0.15, 0.2) is 15.7 Å². The minimum absolute atomic E-state index is 0.220. The number of nitrogens with zero attached hydrogens (tertiary/aromatic N) is 2. The maximum atomic E-state index is 11.1. The van der Waals surface area contributed by atoms with E-state index in [0.717, 1.165) is 27.7 Å². The first-order valence-electron chi connectivity index (χ1n) is 4.89. The van der Waals surface area contributed by atoms with Crippen molar-refractivity contribution >= 4 is 28.6 Å². The van der Waals surface area contributed by atoms with Crippen LogP contribution in [0.25, 0.3) is 10.0 Å². The van der Waals surface area contributed by atoms with Crippen molar-refractivity contribution in [3.05, 3.63) is 22.1 Å². The van der Waals surface area contributed by atoms with Crippen LogP contribution in [0.4, 0.5) is 0 Å². The van der Waals surface area contributed by atoms with E-state index in [1.807, 2.05) is 5.38 Å². The molecular formula is C10H8N2O2S2. The Labute approximate surface area is 99.6 Å². The Morgan fingerprint density at radius 1 is 1.44 bits per heavy atom. The van der Waals surface area contributed by atoms with Crippen LogP contribution in [0.3, 0.4) is 0 Å². The highest BCUT2D eigenvalue weighted by atomic mass is 32.1. The fourth-order valence-corrected chi connectivity index (χ4v) is 3.43. The molecule has 1 saturated carbocycles. The molecular weight excluding hydrogens is 244 g/mol. The molecule has 0 radical (unpaired) electrons. The molecule has 0 bridgehead atoms. The summed E-state index contributed by atoms with van der Waals surface area (Å²) in [7, 11) is 0. The fraction of sp³-hybridized carbons (Fsp3) is 0.300. The monoisotopic (exact) mass is 252 g/mol. The van der Waals surface area contributed by atoms with Crippen molar-refractivity contribution in [2.75, 3.05) is 0 Å². The number of carbonyl (C=O) groups is 1. The maximum absolute atomic E-state index is 11.1. The Hall–Kier alpha value is -1.27. The lowest BCUT2D eigenvalue weighted by molar-refractivity contribution is 0.0690. The Balaban J connectivity index is 2.08. The first kappa shape index (κ1) is 9.92. The van der Waals surface area contributed by atoms with Crippen LogP contribution in [0.15, 0.2) is 11.6 Å². The molecule has 0 amide bonds. The minimum Gasteiger partial charge on any atom is -0.476 e. The van der Waals surface area contributed by atoms with Crippen LogP contribution in [-0.4, -0.2) is 21.0 Å². The van der Waals surface area contributed by atoms with Crippen molar-refractivity contribution in [3.8, 4) is 10.0 Å². The van der Waals surface area contributed by atoms with Gasteiger partial charge in [0.05, 0.1) is 0 Å². The molecule has 0 saturated heterocycles. The first-order valence-corrected chi connectivity index (χ1v) is 6.59. The molecule has 0 aromatic carbocycles. The van der Waals surface area contributed by atoms with Crippen LogP contribution in [0, 0.1) is 0 Å². The third kappa shape index (κ3) is 1.64. The van der Waals surface area contributed by atoms with Crippen LogP contribution in [0.5, 0.6) is 0 Å². The quantitative estimate of drug-likeness (QED) is 0.912. The molecule has 82 valence electrons. The number of hydrogen-bond donors (Lipinski definition) is 1. The highest BCUT2D eigenvalue weighted by molar-refractivity contribution is 7.20. The van der Waals surface area contributed by atoms with Crippen LogP contribution in [0.2, 0.25) is 0 Å². The number of aromatic carboxylic acids is 1. The summed E-state index contributed by atoms with van der Waals surface area (Å²) in [5.41, 5.74) is 0.220. The van der Waals surface area contributed by atoms with E-state index in [1.165, 1.54) is 22.7 Å². The molecule has 0 spiro atoms. The van der Waals surface area contributed by atoms with E-state index < -0.39 is 5.97 Å². The smallest absolute Gasteiger partial charge is 0.355 e. The molecule has 16 heavy (non-hydrogen) atoms. The molecule has 0 atom stereocenters. The summed E-state index contributed by atoms with van der Waals surface area (Å²) in [6, 6.07) is 0. The van der Waals surface area contributed by atoms with Crippen molar-refractivity contribution in [2.24, 2.45) is 0 Å². The van der Waals surface area contributed by atoms with Crippen LogP contribution in [0.1, 0.15) is 34.1 Å². The van der Waals surface area contributed by atoms with Gasteiger partial charge < -0.3 is 5.11 Å². The first-order chi connectivity index (χ1) is 7.75. The molecule has 2 heterocycles. The lowest BCUT2D eigenvalue weighted by Gasteiger charge is -1.91. The SMILES string of the molecule is O=C(O)c1nc(-c2nccs2)sc1C1CC1. The zero-order valence-electron chi connectivity index (χ0n) is 8.21. The highest BCUT2D eigenvalue weighted by Gasteiger charge is 2.32. The van der Waals surface area contributed by atoms with Crippen LogP contribution >= 0.6 is 22.7 Å². The third-order valence-electron chi connectivity index (χ3n) is 2.42.